The van der Waals surface area contributed by atoms with Crippen LogP contribution in [0.5, 0.6) is 23.0 Å². The van der Waals surface area contributed by atoms with Crippen LogP contribution in [0.25, 0.3) is 11.8 Å². The summed E-state index contributed by atoms with van der Waals surface area (Å²) >= 11 is 0. The summed E-state index contributed by atoms with van der Waals surface area (Å²) in [6.07, 6.45) is 3.25. The van der Waals surface area contributed by atoms with Crippen LogP contribution >= 0.6 is 0 Å². The van der Waals surface area contributed by atoms with Crippen LogP contribution < -0.4 is 18.9 Å². The van der Waals surface area contributed by atoms with E-state index < -0.39 is 0 Å². The molecule has 3 heterocycles. The summed E-state index contributed by atoms with van der Waals surface area (Å²) in [4.78, 5) is 2.51. The third-order valence-electron chi connectivity index (χ3n) is 5.98. The van der Waals surface area contributed by atoms with E-state index in [1.54, 1.807) is 14.2 Å². The highest BCUT2D eigenvalue weighted by atomic mass is 16.7. The number of nitrogens with zero attached hydrogens (tertiary/aromatic N) is 1. The van der Waals surface area contributed by atoms with Crippen molar-refractivity contribution in [2.24, 2.45) is 5.92 Å². The second-order valence-corrected chi connectivity index (χ2v) is 7.83. The molecule has 0 bridgehead atoms. The maximum absolute atomic E-state index is 5.81. The predicted octanol–water partition coefficient (Wildman–Crippen LogP) is 4.50. The molecular weight excluding hydrogens is 354 g/mol. The van der Waals surface area contributed by atoms with Crippen molar-refractivity contribution in [3.05, 3.63) is 46.5 Å². The molecule has 28 heavy (non-hydrogen) atoms. The van der Waals surface area contributed by atoms with Gasteiger partial charge < -0.3 is 23.8 Å². The number of rotatable bonds is 3. The van der Waals surface area contributed by atoms with Crippen molar-refractivity contribution < 1.29 is 18.9 Å². The lowest BCUT2D eigenvalue weighted by Crippen LogP contribution is -2.38. The maximum atomic E-state index is 5.81. The average molecular weight is 379 g/mol. The first-order valence-electron chi connectivity index (χ1n) is 9.78. The Morgan fingerprint density at radius 2 is 1.86 bits per heavy atom. The van der Waals surface area contributed by atoms with Gasteiger partial charge in [0, 0.05) is 23.4 Å². The fraction of sp³-hybridized carbons (Fsp3) is 0.391. The van der Waals surface area contributed by atoms with E-state index in [1.807, 2.05) is 6.07 Å². The number of fused-ring (bicyclic) bond motifs is 5. The van der Waals surface area contributed by atoms with Gasteiger partial charge in [0.15, 0.2) is 23.0 Å². The SMILES string of the molecule is COc1ccc2c(c1OC)C(C(C)C)N1CCc3cc4c(cc3C1=C2)OCO4. The largest absolute Gasteiger partial charge is 0.493 e. The highest BCUT2D eigenvalue weighted by Crippen LogP contribution is 2.51. The minimum absolute atomic E-state index is 0.221. The van der Waals surface area contributed by atoms with E-state index in [1.165, 1.54) is 28.0 Å². The third-order valence-corrected chi connectivity index (χ3v) is 5.98. The van der Waals surface area contributed by atoms with Crippen LogP contribution in [0.15, 0.2) is 24.3 Å². The van der Waals surface area contributed by atoms with Crippen molar-refractivity contribution in [1.82, 2.24) is 4.90 Å². The third kappa shape index (κ3) is 2.38. The average Bonchev–Trinajstić information content (AvgIpc) is 3.16. The van der Waals surface area contributed by atoms with Gasteiger partial charge in [0.25, 0.3) is 0 Å². The van der Waals surface area contributed by atoms with E-state index in [-0.39, 0.29) is 6.04 Å². The van der Waals surface area contributed by atoms with E-state index >= 15 is 0 Å². The van der Waals surface area contributed by atoms with Gasteiger partial charge in [-0.3, -0.25) is 0 Å². The molecule has 3 aliphatic rings. The first kappa shape index (κ1) is 17.3. The van der Waals surface area contributed by atoms with Gasteiger partial charge in [0.1, 0.15) is 0 Å². The molecule has 0 radical (unpaired) electrons. The van der Waals surface area contributed by atoms with Crippen LogP contribution in [0.1, 0.15) is 42.1 Å². The molecule has 0 amide bonds. The number of ether oxygens (including phenoxy) is 4. The Morgan fingerprint density at radius 3 is 2.57 bits per heavy atom. The van der Waals surface area contributed by atoms with E-state index in [4.69, 9.17) is 18.9 Å². The zero-order valence-electron chi connectivity index (χ0n) is 16.7. The van der Waals surface area contributed by atoms with E-state index in [0.29, 0.717) is 12.7 Å². The Morgan fingerprint density at radius 1 is 1.07 bits per heavy atom. The number of benzene rings is 2. The molecule has 2 aromatic rings. The highest BCUT2D eigenvalue weighted by Gasteiger charge is 2.38. The molecule has 5 heteroatoms. The molecule has 146 valence electrons. The van der Waals surface area contributed by atoms with Crippen molar-refractivity contribution in [3.8, 4) is 23.0 Å². The quantitative estimate of drug-likeness (QED) is 0.785. The van der Waals surface area contributed by atoms with Crippen LogP contribution in [0.4, 0.5) is 0 Å². The standard InChI is InChI=1S/C23H25NO4/c1-13(2)22-21-15(5-6-18(25-3)23(21)26-4)9-17-16-11-20-19(27-12-28-20)10-14(16)7-8-24(17)22/h5-6,9-11,13,22H,7-8,12H2,1-4H3. The van der Waals surface area contributed by atoms with Crippen molar-refractivity contribution >= 4 is 11.8 Å². The Balaban J connectivity index is 1.73. The minimum atomic E-state index is 0.221. The van der Waals surface area contributed by atoms with Crippen LogP contribution in [0.2, 0.25) is 0 Å². The molecule has 0 saturated heterocycles. The van der Waals surface area contributed by atoms with Gasteiger partial charge in [0.05, 0.1) is 20.3 Å². The first-order chi connectivity index (χ1) is 13.6. The lowest BCUT2D eigenvalue weighted by atomic mass is 9.82. The molecule has 0 saturated carbocycles. The number of hydrogen-bond donors (Lipinski definition) is 0. The molecular formula is C23H25NO4. The smallest absolute Gasteiger partial charge is 0.231 e. The van der Waals surface area contributed by atoms with Gasteiger partial charge >= 0.3 is 0 Å². The summed E-state index contributed by atoms with van der Waals surface area (Å²) in [5, 5.41) is 0. The van der Waals surface area contributed by atoms with Crippen LogP contribution in [0.3, 0.4) is 0 Å². The molecule has 1 unspecified atom stereocenters. The van der Waals surface area contributed by atoms with Crippen molar-refractivity contribution in [2.75, 3.05) is 27.6 Å². The molecule has 3 aliphatic heterocycles. The Hall–Kier alpha value is -2.82. The Kier molecular flexibility index (Phi) is 3.93. The minimum Gasteiger partial charge on any atom is -0.493 e. The predicted molar refractivity (Wildman–Crippen MR) is 108 cm³/mol. The summed E-state index contributed by atoms with van der Waals surface area (Å²) in [6.45, 7) is 5.80. The fourth-order valence-corrected chi connectivity index (χ4v) is 4.79. The number of hydrogen-bond acceptors (Lipinski definition) is 5. The topological polar surface area (TPSA) is 40.2 Å². The summed E-state index contributed by atoms with van der Waals surface area (Å²) in [6, 6.07) is 8.63. The molecule has 2 aromatic carbocycles. The van der Waals surface area contributed by atoms with Crippen molar-refractivity contribution in [2.45, 2.75) is 26.3 Å². The van der Waals surface area contributed by atoms with Gasteiger partial charge in [-0.2, -0.15) is 0 Å². The van der Waals surface area contributed by atoms with Crippen molar-refractivity contribution in [3.63, 3.8) is 0 Å². The molecule has 0 fully saturated rings. The highest BCUT2D eigenvalue weighted by molar-refractivity contribution is 5.88. The van der Waals surface area contributed by atoms with Gasteiger partial charge in [-0.15, -0.1) is 0 Å². The van der Waals surface area contributed by atoms with Gasteiger partial charge in [-0.05, 0) is 47.7 Å². The van der Waals surface area contributed by atoms with E-state index in [0.717, 1.165) is 36.0 Å². The second kappa shape index (κ2) is 6.36. The zero-order chi connectivity index (χ0) is 19.4. The van der Waals surface area contributed by atoms with Gasteiger partial charge in [0.2, 0.25) is 6.79 Å². The van der Waals surface area contributed by atoms with Crippen LogP contribution in [-0.4, -0.2) is 32.5 Å². The van der Waals surface area contributed by atoms with E-state index in [9.17, 15) is 0 Å². The lowest BCUT2D eigenvalue weighted by molar-refractivity contribution is 0.174. The normalized spacial score (nSPS) is 19.0. The fourth-order valence-electron chi connectivity index (χ4n) is 4.79. The molecule has 0 spiro atoms. The monoisotopic (exact) mass is 379 g/mol. The number of methoxy groups -OCH3 is 2. The van der Waals surface area contributed by atoms with E-state index in [2.05, 4.69) is 43.0 Å². The molecule has 5 nitrogen and oxygen atoms in total. The van der Waals surface area contributed by atoms with Crippen molar-refractivity contribution in [1.29, 1.82) is 0 Å². The lowest BCUT2D eigenvalue weighted by Gasteiger charge is -2.45. The van der Waals surface area contributed by atoms with Crippen LogP contribution in [-0.2, 0) is 6.42 Å². The summed E-state index contributed by atoms with van der Waals surface area (Å²) < 4.78 is 22.6. The summed E-state index contributed by atoms with van der Waals surface area (Å²) in [7, 11) is 3.42. The molecule has 0 N–H and O–H groups in total. The Bertz CT molecular complexity index is 979. The molecule has 0 aliphatic carbocycles. The van der Waals surface area contributed by atoms with Gasteiger partial charge in [-0.1, -0.05) is 19.9 Å². The van der Waals surface area contributed by atoms with Crippen LogP contribution in [0, 0.1) is 5.92 Å². The maximum Gasteiger partial charge on any atom is 0.231 e. The van der Waals surface area contributed by atoms with Gasteiger partial charge in [-0.25, -0.2) is 0 Å². The summed E-state index contributed by atoms with van der Waals surface area (Å²) in [5.41, 5.74) is 6.20. The first-order valence-corrected chi connectivity index (χ1v) is 9.78. The molecule has 0 aromatic heterocycles. The summed E-state index contributed by atoms with van der Waals surface area (Å²) in [5.74, 6) is 3.73. The molecule has 1 atom stereocenters. The second-order valence-electron chi connectivity index (χ2n) is 7.83. The zero-order valence-corrected chi connectivity index (χ0v) is 16.7. The Labute approximate surface area is 165 Å². The molecule has 5 rings (SSSR count).